The molecule has 1 aromatic heterocycles. The molecule has 2 fully saturated rings. The number of aromatic nitrogens is 1. The Balaban J connectivity index is 1.46. The van der Waals surface area contributed by atoms with Crippen molar-refractivity contribution in [3.8, 4) is 0 Å². The number of rotatable bonds is 6. The number of likely N-dealkylation sites (tertiary alicyclic amines) is 1. The first-order valence-corrected chi connectivity index (χ1v) is 11.1. The Morgan fingerprint density at radius 2 is 2.06 bits per heavy atom. The fourth-order valence-corrected chi connectivity index (χ4v) is 4.79. The molecule has 9 nitrogen and oxygen atoms in total. The van der Waals surface area contributed by atoms with Gasteiger partial charge in [0.2, 0.25) is 11.8 Å². The number of hydrogen-bond donors (Lipinski definition) is 2. The highest BCUT2D eigenvalue weighted by atomic mass is 32.1. The normalized spacial score (nSPS) is 23.5. The number of nitrogens with zero attached hydrogens (tertiary/aromatic N) is 3. The predicted molar refractivity (Wildman–Crippen MR) is 116 cm³/mol. The van der Waals surface area contributed by atoms with Crippen LogP contribution in [0.2, 0.25) is 0 Å². The molecule has 3 unspecified atom stereocenters. The average Bonchev–Trinajstić information content (AvgIpc) is 3.32. The quantitative estimate of drug-likeness (QED) is 0.649. The molecule has 2 aromatic rings. The van der Waals surface area contributed by atoms with Gasteiger partial charge in [-0.05, 0) is 26.1 Å². The number of piperidine rings is 1. The van der Waals surface area contributed by atoms with Crippen molar-refractivity contribution in [3.63, 3.8) is 0 Å². The SMILES string of the molecule is CCOC(=O)Cc1csc(NC(=O)C2CN(C)CC3C(=O)N(c4ccccc4)NC23)n1. The highest BCUT2D eigenvalue weighted by Gasteiger charge is 2.50. The third kappa shape index (κ3) is 4.60. The van der Waals surface area contributed by atoms with Crippen LogP contribution in [0.3, 0.4) is 0 Å². The smallest absolute Gasteiger partial charge is 0.311 e. The highest BCUT2D eigenvalue weighted by Crippen LogP contribution is 2.32. The molecular formula is C21H25N5O4S. The van der Waals surface area contributed by atoms with Gasteiger partial charge in [0, 0.05) is 18.5 Å². The summed E-state index contributed by atoms with van der Waals surface area (Å²) in [5.41, 5.74) is 4.57. The number of amides is 2. The zero-order valence-corrected chi connectivity index (χ0v) is 18.2. The second-order valence-corrected chi connectivity index (χ2v) is 8.57. The minimum atomic E-state index is -0.432. The van der Waals surface area contributed by atoms with Crippen LogP contribution in [0.1, 0.15) is 12.6 Å². The Labute approximate surface area is 184 Å². The minimum absolute atomic E-state index is 0.0356. The van der Waals surface area contributed by atoms with E-state index in [1.807, 2.05) is 42.3 Å². The lowest BCUT2D eigenvalue weighted by atomic mass is 9.84. The first-order chi connectivity index (χ1) is 15.0. The molecule has 2 amide bonds. The van der Waals surface area contributed by atoms with Gasteiger partial charge in [0.1, 0.15) is 0 Å². The number of anilines is 2. The van der Waals surface area contributed by atoms with Crippen LogP contribution in [0.5, 0.6) is 0 Å². The molecule has 1 aromatic carbocycles. The van der Waals surface area contributed by atoms with E-state index in [4.69, 9.17) is 4.74 Å². The molecule has 3 atom stereocenters. The van der Waals surface area contributed by atoms with E-state index >= 15 is 0 Å². The fourth-order valence-electron chi connectivity index (χ4n) is 4.07. The highest BCUT2D eigenvalue weighted by molar-refractivity contribution is 7.13. The second kappa shape index (κ2) is 9.13. The number of benzene rings is 1. The van der Waals surface area contributed by atoms with Gasteiger partial charge in [-0.1, -0.05) is 18.2 Å². The van der Waals surface area contributed by atoms with Crippen LogP contribution in [0, 0.1) is 11.8 Å². The molecule has 0 saturated carbocycles. The van der Waals surface area contributed by atoms with Gasteiger partial charge in [-0.15, -0.1) is 11.3 Å². The van der Waals surface area contributed by atoms with Gasteiger partial charge < -0.3 is 15.0 Å². The van der Waals surface area contributed by atoms with Gasteiger partial charge in [-0.25, -0.2) is 15.4 Å². The van der Waals surface area contributed by atoms with Crippen molar-refractivity contribution in [1.82, 2.24) is 15.3 Å². The molecular weight excluding hydrogens is 418 g/mol. The van der Waals surface area contributed by atoms with E-state index in [9.17, 15) is 14.4 Å². The van der Waals surface area contributed by atoms with Crippen LogP contribution >= 0.6 is 11.3 Å². The van der Waals surface area contributed by atoms with E-state index in [0.717, 1.165) is 5.69 Å². The Hall–Kier alpha value is -2.82. The number of thiazole rings is 1. The lowest BCUT2D eigenvalue weighted by molar-refractivity contribution is -0.142. The van der Waals surface area contributed by atoms with Crippen LogP contribution in [-0.2, 0) is 25.5 Å². The Morgan fingerprint density at radius 1 is 1.29 bits per heavy atom. The van der Waals surface area contributed by atoms with Gasteiger partial charge in [-0.3, -0.25) is 14.4 Å². The predicted octanol–water partition coefficient (Wildman–Crippen LogP) is 1.28. The minimum Gasteiger partial charge on any atom is -0.466 e. The van der Waals surface area contributed by atoms with Crippen LogP contribution < -0.4 is 15.8 Å². The lowest BCUT2D eigenvalue weighted by Crippen LogP contribution is -2.55. The summed E-state index contributed by atoms with van der Waals surface area (Å²) < 4.78 is 4.94. The van der Waals surface area contributed by atoms with E-state index < -0.39 is 5.92 Å². The number of carbonyl (C=O) groups excluding carboxylic acids is 3. The third-order valence-corrected chi connectivity index (χ3v) is 6.27. The van der Waals surface area contributed by atoms with Gasteiger partial charge in [0.25, 0.3) is 0 Å². The van der Waals surface area contributed by atoms with E-state index in [0.29, 0.717) is 30.5 Å². The monoisotopic (exact) mass is 443 g/mol. The van der Waals surface area contributed by atoms with E-state index in [2.05, 4.69) is 15.7 Å². The van der Waals surface area contributed by atoms with E-state index in [1.165, 1.54) is 11.3 Å². The number of hydrazine groups is 1. The molecule has 164 valence electrons. The zero-order chi connectivity index (χ0) is 22.0. The summed E-state index contributed by atoms with van der Waals surface area (Å²) in [4.78, 5) is 44.1. The first kappa shape index (κ1) is 21.4. The number of hydrogen-bond acceptors (Lipinski definition) is 8. The molecule has 0 radical (unpaired) electrons. The van der Waals surface area contributed by atoms with Gasteiger partial charge in [0.05, 0.1) is 42.3 Å². The van der Waals surface area contributed by atoms with Crippen LogP contribution in [0.15, 0.2) is 35.7 Å². The number of fused-ring (bicyclic) bond motifs is 1. The van der Waals surface area contributed by atoms with Crippen LogP contribution in [0.4, 0.5) is 10.8 Å². The van der Waals surface area contributed by atoms with Gasteiger partial charge >= 0.3 is 5.97 Å². The Morgan fingerprint density at radius 3 is 2.81 bits per heavy atom. The number of carbonyl (C=O) groups is 3. The standard InChI is InChI=1S/C21H25N5O4S/c1-3-30-17(27)9-13-12-31-21(22-13)23-19(28)15-10-25(2)11-16-18(15)24-26(20(16)29)14-7-5-4-6-8-14/h4-8,12,15-16,18,24H,3,9-11H2,1-2H3,(H,22,23,28). The van der Waals surface area contributed by atoms with E-state index in [-0.39, 0.29) is 36.2 Å². The summed E-state index contributed by atoms with van der Waals surface area (Å²) in [7, 11) is 1.91. The molecule has 31 heavy (non-hydrogen) atoms. The van der Waals surface area contributed by atoms with Gasteiger partial charge in [-0.2, -0.15) is 0 Å². The van der Waals surface area contributed by atoms with Crippen molar-refractivity contribution in [2.45, 2.75) is 19.4 Å². The molecule has 3 heterocycles. The molecule has 2 saturated heterocycles. The molecule has 2 aliphatic heterocycles. The molecule has 0 aliphatic carbocycles. The Bertz CT molecular complexity index is 966. The van der Waals surface area contributed by atoms with Crippen molar-refractivity contribution < 1.29 is 19.1 Å². The molecule has 2 aliphatic rings. The second-order valence-electron chi connectivity index (χ2n) is 7.71. The molecule has 10 heteroatoms. The fraction of sp³-hybridized carbons (Fsp3) is 0.429. The lowest BCUT2D eigenvalue weighted by Gasteiger charge is -2.36. The summed E-state index contributed by atoms with van der Waals surface area (Å²) in [6.07, 6.45) is 0.0686. The Kier molecular flexibility index (Phi) is 6.30. The zero-order valence-electron chi connectivity index (χ0n) is 17.4. The topological polar surface area (TPSA) is 104 Å². The number of nitrogens with one attached hydrogen (secondary N) is 2. The molecule has 2 N–H and O–H groups in total. The van der Waals surface area contributed by atoms with Crippen molar-refractivity contribution in [2.75, 3.05) is 37.1 Å². The summed E-state index contributed by atoms with van der Waals surface area (Å²) in [5.74, 6) is -1.33. The van der Waals surface area contributed by atoms with Crippen molar-refractivity contribution in [1.29, 1.82) is 0 Å². The third-order valence-electron chi connectivity index (χ3n) is 5.46. The summed E-state index contributed by atoms with van der Waals surface area (Å²) >= 11 is 1.26. The summed E-state index contributed by atoms with van der Waals surface area (Å²) in [6.45, 7) is 3.18. The molecule has 4 rings (SSSR count). The largest absolute Gasteiger partial charge is 0.466 e. The van der Waals surface area contributed by atoms with Crippen molar-refractivity contribution in [3.05, 3.63) is 41.4 Å². The maximum Gasteiger partial charge on any atom is 0.311 e. The summed E-state index contributed by atoms with van der Waals surface area (Å²) in [6, 6.07) is 9.06. The average molecular weight is 444 g/mol. The van der Waals surface area contributed by atoms with Crippen LogP contribution in [-0.4, -0.2) is 60.5 Å². The maximum atomic E-state index is 13.1. The number of esters is 1. The molecule has 0 bridgehead atoms. The maximum absolute atomic E-state index is 13.1. The van der Waals surface area contributed by atoms with E-state index in [1.54, 1.807) is 17.3 Å². The molecule has 0 spiro atoms. The van der Waals surface area contributed by atoms with Crippen molar-refractivity contribution in [2.24, 2.45) is 11.8 Å². The number of ether oxygens (including phenoxy) is 1. The summed E-state index contributed by atoms with van der Waals surface area (Å²) in [5, 5.41) is 6.57. The van der Waals surface area contributed by atoms with Crippen molar-refractivity contribution >= 4 is 39.9 Å². The van der Waals surface area contributed by atoms with Gasteiger partial charge in [0.15, 0.2) is 5.13 Å². The number of para-hydroxylation sites is 1. The first-order valence-electron chi connectivity index (χ1n) is 10.2. The van der Waals surface area contributed by atoms with Crippen LogP contribution in [0.25, 0.3) is 0 Å².